The fourth-order valence-electron chi connectivity index (χ4n) is 3.79. The summed E-state index contributed by atoms with van der Waals surface area (Å²) >= 11 is 0. The molecule has 0 saturated carbocycles. The van der Waals surface area contributed by atoms with E-state index in [-0.39, 0.29) is 11.5 Å². The zero-order valence-electron chi connectivity index (χ0n) is 14.1. The van der Waals surface area contributed by atoms with Gasteiger partial charge in [-0.1, -0.05) is 6.07 Å². The van der Waals surface area contributed by atoms with Gasteiger partial charge < -0.3 is 15.0 Å². The van der Waals surface area contributed by atoms with Crippen molar-refractivity contribution in [1.29, 1.82) is 0 Å². The van der Waals surface area contributed by atoms with Crippen molar-refractivity contribution in [3.63, 3.8) is 0 Å². The van der Waals surface area contributed by atoms with Crippen LogP contribution >= 0.6 is 0 Å². The van der Waals surface area contributed by atoms with Crippen molar-refractivity contribution in [2.45, 2.75) is 30.9 Å². The van der Waals surface area contributed by atoms with Gasteiger partial charge in [0.1, 0.15) is 5.82 Å². The molecule has 0 bridgehead atoms. The van der Waals surface area contributed by atoms with Crippen LogP contribution in [0.25, 0.3) is 0 Å². The van der Waals surface area contributed by atoms with Gasteiger partial charge in [-0.3, -0.25) is 9.78 Å². The molecule has 4 rings (SSSR count). The number of carbonyl (C=O) groups is 1. The van der Waals surface area contributed by atoms with Gasteiger partial charge >= 0.3 is 0 Å². The molecule has 1 spiro atoms. The fraction of sp³-hybridized carbons (Fsp3) is 0.421. The molecule has 0 aliphatic carbocycles. The Balaban J connectivity index is 1.41. The lowest BCUT2D eigenvalue weighted by atomic mass is 9.89. The predicted octanol–water partition coefficient (Wildman–Crippen LogP) is 2.35. The van der Waals surface area contributed by atoms with E-state index in [1.807, 2.05) is 23.1 Å². The van der Waals surface area contributed by atoms with E-state index in [4.69, 9.17) is 4.74 Å². The third-order valence-corrected chi connectivity index (χ3v) is 5.04. The lowest BCUT2D eigenvalue weighted by molar-refractivity contribution is -0.0720. The largest absolute Gasteiger partial charge is 0.373 e. The molecule has 6 heteroatoms. The molecule has 25 heavy (non-hydrogen) atoms. The highest BCUT2D eigenvalue weighted by molar-refractivity contribution is 5.94. The Bertz CT molecular complexity index is 725. The van der Waals surface area contributed by atoms with Gasteiger partial charge in [-0.05, 0) is 43.5 Å². The second kappa shape index (κ2) is 6.80. The van der Waals surface area contributed by atoms with Crippen LogP contribution in [-0.2, 0) is 4.74 Å². The molecule has 2 aromatic heterocycles. The van der Waals surface area contributed by atoms with Gasteiger partial charge in [-0.25, -0.2) is 4.98 Å². The van der Waals surface area contributed by atoms with Crippen LogP contribution in [0, 0.1) is 0 Å². The van der Waals surface area contributed by atoms with Gasteiger partial charge in [0, 0.05) is 43.3 Å². The van der Waals surface area contributed by atoms with E-state index in [0.29, 0.717) is 24.8 Å². The first-order chi connectivity index (χ1) is 12.2. The first-order valence-electron chi connectivity index (χ1n) is 8.75. The Kier molecular flexibility index (Phi) is 4.36. The van der Waals surface area contributed by atoms with E-state index >= 15 is 0 Å². The molecule has 2 aliphatic heterocycles. The van der Waals surface area contributed by atoms with Crippen LogP contribution in [0.4, 0.5) is 5.82 Å². The average molecular weight is 338 g/mol. The predicted molar refractivity (Wildman–Crippen MR) is 94.3 cm³/mol. The Morgan fingerprint density at radius 2 is 2.12 bits per heavy atom. The van der Waals surface area contributed by atoms with Gasteiger partial charge in [-0.15, -0.1) is 0 Å². The summed E-state index contributed by atoms with van der Waals surface area (Å²) in [5.41, 5.74) is 0.443. The minimum Gasteiger partial charge on any atom is -0.373 e. The van der Waals surface area contributed by atoms with E-state index in [9.17, 15) is 4.79 Å². The maximum absolute atomic E-state index is 12.7. The summed E-state index contributed by atoms with van der Waals surface area (Å²) in [4.78, 5) is 22.9. The Morgan fingerprint density at radius 3 is 2.92 bits per heavy atom. The third kappa shape index (κ3) is 3.49. The number of carbonyl (C=O) groups excluding carboxylic acids is 1. The zero-order chi connectivity index (χ0) is 17.1. The van der Waals surface area contributed by atoms with Crippen molar-refractivity contribution < 1.29 is 9.53 Å². The van der Waals surface area contributed by atoms with Gasteiger partial charge in [0.2, 0.25) is 0 Å². The molecule has 0 aromatic carbocycles. The normalized spacial score (nSPS) is 25.9. The van der Waals surface area contributed by atoms with Crippen LogP contribution in [0.1, 0.15) is 29.6 Å². The molecular weight excluding hydrogens is 316 g/mol. The van der Waals surface area contributed by atoms with Crippen molar-refractivity contribution in [3.05, 3.63) is 54.5 Å². The molecule has 4 heterocycles. The van der Waals surface area contributed by atoms with Gasteiger partial charge in [0.15, 0.2) is 0 Å². The number of hydrogen-bond donors (Lipinski definition) is 1. The van der Waals surface area contributed by atoms with Crippen molar-refractivity contribution in [2.75, 3.05) is 25.0 Å². The lowest BCUT2D eigenvalue weighted by Crippen LogP contribution is -2.47. The number of nitrogens with one attached hydrogen (secondary N) is 1. The number of ether oxygens (including phenoxy) is 1. The van der Waals surface area contributed by atoms with Gasteiger partial charge in [0.25, 0.3) is 5.91 Å². The molecule has 2 saturated heterocycles. The Hall–Kier alpha value is -2.47. The third-order valence-electron chi connectivity index (χ3n) is 5.04. The SMILES string of the molecule is O=C(c1ccncc1)N1CC[C@]2(C[C@@H](Nc3ccccn3)CCO2)C1. The summed E-state index contributed by atoms with van der Waals surface area (Å²) in [6, 6.07) is 9.72. The molecular formula is C19H22N4O2. The molecule has 2 aliphatic rings. The quantitative estimate of drug-likeness (QED) is 0.930. The Morgan fingerprint density at radius 1 is 1.24 bits per heavy atom. The summed E-state index contributed by atoms with van der Waals surface area (Å²) in [7, 11) is 0. The summed E-state index contributed by atoms with van der Waals surface area (Å²) in [5.74, 6) is 0.954. The molecule has 0 radical (unpaired) electrons. The molecule has 2 fully saturated rings. The highest BCUT2D eigenvalue weighted by Crippen LogP contribution is 2.35. The number of amides is 1. The van der Waals surface area contributed by atoms with Crippen molar-refractivity contribution in [2.24, 2.45) is 0 Å². The standard InChI is InChI=1S/C19H22N4O2/c24-18(15-4-9-20-10-5-15)23-11-7-19(14-23)13-16(6-12-25-19)22-17-3-1-2-8-21-17/h1-5,8-10,16H,6-7,11-14H2,(H,21,22)/t16-,19-/m0/s1. The van der Waals surface area contributed by atoms with E-state index in [0.717, 1.165) is 31.6 Å². The van der Waals surface area contributed by atoms with Crippen LogP contribution in [0.2, 0.25) is 0 Å². The fourth-order valence-corrected chi connectivity index (χ4v) is 3.79. The first-order valence-corrected chi connectivity index (χ1v) is 8.75. The number of hydrogen-bond acceptors (Lipinski definition) is 5. The van der Waals surface area contributed by atoms with Crippen LogP contribution < -0.4 is 5.32 Å². The van der Waals surface area contributed by atoms with Crippen LogP contribution in [0.3, 0.4) is 0 Å². The molecule has 130 valence electrons. The lowest BCUT2D eigenvalue weighted by Gasteiger charge is -2.38. The highest BCUT2D eigenvalue weighted by Gasteiger charge is 2.44. The van der Waals surface area contributed by atoms with E-state index in [1.165, 1.54) is 0 Å². The van der Waals surface area contributed by atoms with Crippen molar-refractivity contribution in [3.8, 4) is 0 Å². The number of aromatic nitrogens is 2. The topological polar surface area (TPSA) is 67.4 Å². The van der Waals surface area contributed by atoms with Gasteiger partial charge in [-0.2, -0.15) is 0 Å². The second-order valence-electron chi connectivity index (χ2n) is 6.79. The number of likely N-dealkylation sites (tertiary alicyclic amines) is 1. The maximum atomic E-state index is 12.7. The summed E-state index contributed by atoms with van der Waals surface area (Å²) in [5, 5.41) is 3.50. The molecule has 0 unspecified atom stereocenters. The average Bonchev–Trinajstić information content (AvgIpc) is 3.06. The number of nitrogens with zero attached hydrogens (tertiary/aromatic N) is 3. The zero-order valence-corrected chi connectivity index (χ0v) is 14.1. The molecule has 6 nitrogen and oxygen atoms in total. The van der Waals surface area contributed by atoms with Gasteiger partial charge in [0.05, 0.1) is 12.1 Å². The van der Waals surface area contributed by atoms with E-state index in [2.05, 4.69) is 15.3 Å². The van der Waals surface area contributed by atoms with Crippen LogP contribution in [-0.4, -0.2) is 52.1 Å². The van der Waals surface area contributed by atoms with Crippen LogP contribution in [0.5, 0.6) is 0 Å². The summed E-state index contributed by atoms with van der Waals surface area (Å²) in [6.45, 7) is 2.09. The number of anilines is 1. The highest BCUT2D eigenvalue weighted by atomic mass is 16.5. The molecule has 2 aromatic rings. The number of pyridine rings is 2. The first kappa shape index (κ1) is 16.0. The maximum Gasteiger partial charge on any atom is 0.254 e. The molecule has 1 amide bonds. The van der Waals surface area contributed by atoms with Crippen LogP contribution in [0.15, 0.2) is 48.9 Å². The smallest absolute Gasteiger partial charge is 0.254 e. The molecule has 2 atom stereocenters. The molecule has 1 N–H and O–H groups in total. The van der Waals surface area contributed by atoms with E-state index < -0.39 is 0 Å². The van der Waals surface area contributed by atoms with Crippen molar-refractivity contribution >= 4 is 11.7 Å². The minimum atomic E-state index is -0.243. The summed E-state index contributed by atoms with van der Waals surface area (Å²) in [6.07, 6.45) is 7.83. The summed E-state index contributed by atoms with van der Waals surface area (Å²) < 4.78 is 6.14. The number of rotatable bonds is 3. The Labute approximate surface area is 147 Å². The monoisotopic (exact) mass is 338 g/mol. The van der Waals surface area contributed by atoms with E-state index in [1.54, 1.807) is 30.7 Å². The second-order valence-corrected chi connectivity index (χ2v) is 6.79. The minimum absolute atomic E-state index is 0.0580. The van der Waals surface area contributed by atoms with Crippen molar-refractivity contribution in [1.82, 2.24) is 14.9 Å².